The third-order valence-corrected chi connectivity index (χ3v) is 2.25. The lowest BCUT2D eigenvalue weighted by Crippen LogP contribution is -2.31. The van der Waals surface area contributed by atoms with E-state index in [9.17, 15) is 9.59 Å². The highest BCUT2D eigenvalue weighted by atomic mass is 16.5. The van der Waals surface area contributed by atoms with E-state index in [4.69, 9.17) is 10.5 Å². The predicted molar refractivity (Wildman–Crippen MR) is 65.1 cm³/mol. The third-order valence-electron chi connectivity index (χ3n) is 2.25. The van der Waals surface area contributed by atoms with Crippen molar-refractivity contribution in [3.63, 3.8) is 0 Å². The fourth-order valence-electron chi connectivity index (χ4n) is 1.44. The molecule has 1 heterocycles. The van der Waals surface area contributed by atoms with Crippen molar-refractivity contribution in [3.8, 4) is 0 Å². The van der Waals surface area contributed by atoms with Gasteiger partial charge < -0.3 is 25.1 Å². The summed E-state index contributed by atoms with van der Waals surface area (Å²) in [5.74, 6) is -0.760. The molecule has 100 valence electrons. The number of amides is 1. The molecular formula is C11H17N3O4. The molecular weight excluding hydrogens is 238 g/mol. The Balaban J connectivity index is 2.66. The second kappa shape index (κ2) is 6.65. The molecule has 0 atom stereocenters. The van der Waals surface area contributed by atoms with E-state index in [0.29, 0.717) is 18.8 Å². The fourth-order valence-corrected chi connectivity index (χ4v) is 1.44. The number of nitrogens with two attached hydrogens (primary N) is 1. The SMILES string of the molecule is COCCNC(=O)Cn1cc(N)cc1C(=O)OC. The summed E-state index contributed by atoms with van der Waals surface area (Å²) in [7, 11) is 2.82. The van der Waals surface area contributed by atoms with Gasteiger partial charge in [-0.2, -0.15) is 0 Å². The van der Waals surface area contributed by atoms with E-state index < -0.39 is 5.97 Å². The summed E-state index contributed by atoms with van der Waals surface area (Å²) in [6.07, 6.45) is 1.52. The minimum atomic E-state index is -0.531. The molecule has 18 heavy (non-hydrogen) atoms. The van der Waals surface area contributed by atoms with E-state index in [1.807, 2.05) is 0 Å². The third kappa shape index (κ3) is 3.77. The highest BCUT2D eigenvalue weighted by Crippen LogP contribution is 2.11. The number of nitrogen functional groups attached to an aromatic ring is 1. The lowest BCUT2D eigenvalue weighted by Gasteiger charge is -2.08. The molecule has 1 amide bonds. The van der Waals surface area contributed by atoms with Crippen molar-refractivity contribution in [2.24, 2.45) is 0 Å². The van der Waals surface area contributed by atoms with Crippen LogP contribution in [0.3, 0.4) is 0 Å². The van der Waals surface area contributed by atoms with Crippen LogP contribution in [0, 0.1) is 0 Å². The molecule has 7 nitrogen and oxygen atoms in total. The van der Waals surface area contributed by atoms with E-state index in [0.717, 1.165) is 0 Å². The number of carbonyl (C=O) groups is 2. The summed E-state index contributed by atoms with van der Waals surface area (Å²) in [6.45, 7) is 0.856. The first kappa shape index (κ1) is 14.0. The lowest BCUT2D eigenvalue weighted by atomic mass is 10.4. The van der Waals surface area contributed by atoms with Gasteiger partial charge in [-0.15, -0.1) is 0 Å². The Morgan fingerprint density at radius 3 is 2.78 bits per heavy atom. The van der Waals surface area contributed by atoms with Crippen LogP contribution in [0.2, 0.25) is 0 Å². The van der Waals surface area contributed by atoms with E-state index in [1.165, 1.54) is 23.9 Å². The number of methoxy groups -OCH3 is 2. The Bertz CT molecular complexity index is 428. The molecule has 0 spiro atoms. The minimum Gasteiger partial charge on any atom is -0.464 e. The number of hydrogen-bond acceptors (Lipinski definition) is 5. The largest absolute Gasteiger partial charge is 0.464 e. The van der Waals surface area contributed by atoms with E-state index in [-0.39, 0.29) is 18.1 Å². The van der Waals surface area contributed by atoms with Crippen LogP contribution in [0.1, 0.15) is 10.5 Å². The molecule has 0 radical (unpaired) electrons. The first-order valence-corrected chi connectivity index (χ1v) is 5.38. The van der Waals surface area contributed by atoms with Crippen LogP contribution in [0.25, 0.3) is 0 Å². The molecule has 7 heteroatoms. The number of esters is 1. The second-order valence-corrected chi connectivity index (χ2v) is 3.62. The van der Waals surface area contributed by atoms with Gasteiger partial charge in [-0.25, -0.2) is 4.79 Å². The van der Waals surface area contributed by atoms with Crippen LogP contribution < -0.4 is 11.1 Å². The zero-order valence-electron chi connectivity index (χ0n) is 10.4. The minimum absolute atomic E-state index is 0.00531. The highest BCUT2D eigenvalue weighted by molar-refractivity contribution is 5.89. The molecule has 0 fully saturated rings. The molecule has 0 saturated heterocycles. The average Bonchev–Trinajstić information content (AvgIpc) is 2.69. The van der Waals surface area contributed by atoms with Crippen LogP contribution in [-0.2, 0) is 20.8 Å². The maximum atomic E-state index is 11.6. The summed E-state index contributed by atoms with van der Waals surface area (Å²) in [5.41, 5.74) is 6.24. The number of hydrogen-bond donors (Lipinski definition) is 2. The van der Waals surface area contributed by atoms with Gasteiger partial charge in [-0.05, 0) is 6.07 Å². The maximum Gasteiger partial charge on any atom is 0.354 e. The smallest absolute Gasteiger partial charge is 0.354 e. The van der Waals surface area contributed by atoms with Crippen molar-refractivity contribution in [2.45, 2.75) is 6.54 Å². The topological polar surface area (TPSA) is 95.6 Å². The van der Waals surface area contributed by atoms with Crippen molar-refractivity contribution in [1.29, 1.82) is 0 Å². The Labute approximate surface area is 105 Å². The molecule has 1 aromatic heterocycles. The molecule has 0 aliphatic heterocycles. The van der Waals surface area contributed by atoms with Gasteiger partial charge in [-0.1, -0.05) is 0 Å². The highest BCUT2D eigenvalue weighted by Gasteiger charge is 2.15. The maximum absolute atomic E-state index is 11.6. The molecule has 1 rings (SSSR count). The molecule has 0 saturated carbocycles. The van der Waals surface area contributed by atoms with Crippen molar-refractivity contribution in [1.82, 2.24) is 9.88 Å². The van der Waals surface area contributed by atoms with Gasteiger partial charge >= 0.3 is 5.97 Å². The van der Waals surface area contributed by atoms with Gasteiger partial charge in [0.1, 0.15) is 12.2 Å². The number of nitrogens with zero attached hydrogens (tertiary/aromatic N) is 1. The zero-order chi connectivity index (χ0) is 13.5. The number of anilines is 1. The summed E-state index contributed by atoms with van der Waals surface area (Å²) in [4.78, 5) is 23.0. The fraction of sp³-hybridized carbons (Fsp3) is 0.455. The number of aromatic nitrogens is 1. The molecule has 0 unspecified atom stereocenters. The molecule has 0 aliphatic rings. The van der Waals surface area contributed by atoms with Crippen LogP contribution >= 0.6 is 0 Å². The van der Waals surface area contributed by atoms with Crippen LogP contribution in [0.4, 0.5) is 5.69 Å². The standard InChI is InChI=1S/C11H17N3O4/c1-17-4-3-13-10(15)7-14-6-8(12)5-9(14)11(16)18-2/h5-6H,3-4,7,12H2,1-2H3,(H,13,15). The average molecular weight is 255 g/mol. The monoisotopic (exact) mass is 255 g/mol. The number of nitrogens with one attached hydrogen (secondary N) is 1. The van der Waals surface area contributed by atoms with Crippen molar-refractivity contribution in [2.75, 3.05) is 33.1 Å². The molecule has 1 aromatic rings. The summed E-state index contributed by atoms with van der Waals surface area (Å²) >= 11 is 0. The molecule has 0 aromatic carbocycles. The van der Waals surface area contributed by atoms with Gasteiger partial charge in [0.15, 0.2) is 0 Å². The molecule has 0 bridgehead atoms. The normalized spacial score (nSPS) is 10.1. The zero-order valence-corrected chi connectivity index (χ0v) is 10.4. The number of ether oxygens (including phenoxy) is 2. The number of carbonyl (C=O) groups excluding carboxylic acids is 2. The van der Waals surface area contributed by atoms with Crippen molar-refractivity contribution < 1.29 is 19.1 Å². The molecule has 3 N–H and O–H groups in total. The van der Waals surface area contributed by atoms with E-state index in [2.05, 4.69) is 10.1 Å². The Morgan fingerprint density at radius 2 is 2.17 bits per heavy atom. The first-order chi connectivity index (χ1) is 8.58. The second-order valence-electron chi connectivity index (χ2n) is 3.62. The summed E-state index contributed by atoms with van der Waals surface area (Å²) < 4.78 is 10.9. The van der Waals surface area contributed by atoms with Crippen LogP contribution in [-0.4, -0.2) is 43.8 Å². The Morgan fingerprint density at radius 1 is 1.44 bits per heavy atom. The van der Waals surface area contributed by atoms with Crippen molar-refractivity contribution >= 4 is 17.6 Å². The quantitative estimate of drug-likeness (QED) is 0.533. The van der Waals surface area contributed by atoms with Crippen LogP contribution in [0.15, 0.2) is 12.3 Å². The van der Waals surface area contributed by atoms with E-state index >= 15 is 0 Å². The molecule has 0 aliphatic carbocycles. The Kier molecular flexibility index (Phi) is 5.19. The van der Waals surface area contributed by atoms with Crippen LogP contribution in [0.5, 0.6) is 0 Å². The van der Waals surface area contributed by atoms with Crippen molar-refractivity contribution in [3.05, 3.63) is 18.0 Å². The van der Waals surface area contributed by atoms with Gasteiger partial charge in [0.25, 0.3) is 0 Å². The van der Waals surface area contributed by atoms with Gasteiger partial charge in [-0.3, -0.25) is 4.79 Å². The van der Waals surface area contributed by atoms with Gasteiger partial charge in [0, 0.05) is 19.9 Å². The summed E-state index contributed by atoms with van der Waals surface area (Å²) in [5, 5.41) is 2.65. The van der Waals surface area contributed by atoms with E-state index in [1.54, 1.807) is 7.11 Å². The van der Waals surface area contributed by atoms with Gasteiger partial charge in [0.2, 0.25) is 5.91 Å². The van der Waals surface area contributed by atoms with Gasteiger partial charge in [0.05, 0.1) is 19.4 Å². The first-order valence-electron chi connectivity index (χ1n) is 5.38. The Hall–Kier alpha value is -2.02. The summed E-state index contributed by atoms with van der Waals surface area (Å²) in [6, 6.07) is 1.47. The predicted octanol–water partition coefficient (Wildman–Crippen LogP) is -0.380. The number of rotatable bonds is 6. The lowest BCUT2D eigenvalue weighted by molar-refractivity contribution is -0.121.